The minimum atomic E-state index is -3.80. The van der Waals surface area contributed by atoms with E-state index in [1.54, 1.807) is 30.0 Å². The Balaban J connectivity index is 1.71. The van der Waals surface area contributed by atoms with Crippen molar-refractivity contribution in [2.24, 2.45) is 0 Å². The number of aryl methyl sites for hydroxylation is 1. The van der Waals surface area contributed by atoms with E-state index in [0.29, 0.717) is 68.5 Å². The highest BCUT2D eigenvalue weighted by Gasteiger charge is 2.39. The number of amides is 1. The second-order valence-electron chi connectivity index (χ2n) is 7.57. The van der Waals surface area contributed by atoms with E-state index in [9.17, 15) is 13.2 Å². The van der Waals surface area contributed by atoms with Gasteiger partial charge in [0.15, 0.2) is 0 Å². The number of carbonyl (C=O) groups excluding carboxylic acids is 1. The Labute approximate surface area is 182 Å². The number of nitrogens with zero attached hydrogens (tertiary/aromatic N) is 4. The maximum Gasteiger partial charge on any atom is 0.257 e. The first-order chi connectivity index (χ1) is 14.9. The van der Waals surface area contributed by atoms with Crippen LogP contribution in [0.5, 0.6) is 5.75 Å². The summed E-state index contributed by atoms with van der Waals surface area (Å²) in [5.41, 5.74) is 0.818. The molecule has 1 amide bonds. The van der Waals surface area contributed by atoms with E-state index in [0.717, 1.165) is 0 Å². The van der Waals surface area contributed by atoms with Crippen LogP contribution in [-0.2, 0) is 14.8 Å². The second-order valence-corrected chi connectivity index (χ2v) is 9.46. The molecule has 0 N–H and O–H groups in total. The molecule has 2 fully saturated rings. The Bertz CT molecular complexity index is 1070. The van der Waals surface area contributed by atoms with Crippen molar-refractivity contribution in [3.63, 3.8) is 0 Å². The van der Waals surface area contributed by atoms with Crippen LogP contribution in [-0.4, -0.2) is 73.5 Å². The molecule has 2 aliphatic rings. The molecule has 4 rings (SSSR count). The molecular formula is C21H26N4O5S. The summed E-state index contributed by atoms with van der Waals surface area (Å²) in [7, 11) is -2.30. The van der Waals surface area contributed by atoms with Crippen LogP contribution in [0.1, 0.15) is 40.8 Å². The zero-order chi connectivity index (χ0) is 22.0. The number of carbonyl (C=O) groups is 1. The lowest BCUT2D eigenvalue weighted by molar-refractivity contribution is 0.0300. The van der Waals surface area contributed by atoms with Gasteiger partial charge in [0.2, 0.25) is 10.0 Å². The van der Waals surface area contributed by atoms with Gasteiger partial charge >= 0.3 is 0 Å². The van der Waals surface area contributed by atoms with Gasteiger partial charge in [-0.3, -0.25) is 4.79 Å². The van der Waals surface area contributed by atoms with E-state index >= 15 is 0 Å². The van der Waals surface area contributed by atoms with Crippen LogP contribution in [0.3, 0.4) is 0 Å². The van der Waals surface area contributed by atoms with Crippen LogP contribution < -0.4 is 4.74 Å². The van der Waals surface area contributed by atoms with E-state index in [1.165, 1.54) is 23.7 Å². The third kappa shape index (κ3) is 4.28. The van der Waals surface area contributed by atoms with Gasteiger partial charge in [-0.15, -0.1) is 0 Å². The van der Waals surface area contributed by atoms with Gasteiger partial charge in [0.05, 0.1) is 42.5 Å². The fraction of sp³-hybridized carbons (Fsp3) is 0.476. The van der Waals surface area contributed by atoms with Crippen LogP contribution >= 0.6 is 0 Å². The van der Waals surface area contributed by atoms with Gasteiger partial charge in [-0.2, -0.15) is 4.31 Å². The number of benzene rings is 1. The largest absolute Gasteiger partial charge is 0.497 e. The SMILES string of the molecule is COc1cccc(S(=O)(=O)N2CCCC2c2nc(C)ncc2C(=O)N2CCOCC2)c1. The molecule has 0 spiro atoms. The van der Waals surface area contributed by atoms with Crippen molar-refractivity contribution >= 4 is 15.9 Å². The van der Waals surface area contributed by atoms with E-state index in [4.69, 9.17) is 9.47 Å². The lowest BCUT2D eigenvalue weighted by Crippen LogP contribution is -2.41. The van der Waals surface area contributed by atoms with E-state index in [2.05, 4.69) is 9.97 Å². The molecule has 1 aromatic carbocycles. The average Bonchev–Trinajstić information content (AvgIpc) is 3.30. The summed E-state index contributed by atoms with van der Waals surface area (Å²) in [6, 6.07) is 5.89. The highest BCUT2D eigenvalue weighted by molar-refractivity contribution is 7.89. The summed E-state index contributed by atoms with van der Waals surface area (Å²) >= 11 is 0. The Morgan fingerprint density at radius 2 is 2.00 bits per heavy atom. The molecule has 2 saturated heterocycles. The molecule has 3 heterocycles. The number of rotatable bonds is 5. The third-order valence-corrected chi connectivity index (χ3v) is 7.54. The van der Waals surface area contributed by atoms with Crippen LogP contribution in [0, 0.1) is 6.92 Å². The molecule has 31 heavy (non-hydrogen) atoms. The number of hydrogen-bond acceptors (Lipinski definition) is 7. The minimum Gasteiger partial charge on any atom is -0.497 e. The molecule has 0 saturated carbocycles. The molecule has 0 radical (unpaired) electrons. The lowest BCUT2D eigenvalue weighted by atomic mass is 10.1. The van der Waals surface area contributed by atoms with Crippen molar-refractivity contribution in [3.8, 4) is 5.75 Å². The zero-order valence-electron chi connectivity index (χ0n) is 17.7. The average molecular weight is 447 g/mol. The van der Waals surface area contributed by atoms with Gasteiger partial charge in [-0.25, -0.2) is 18.4 Å². The molecule has 0 bridgehead atoms. The molecule has 1 aromatic heterocycles. The van der Waals surface area contributed by atoms with E-state index < -0.39 is 16.1 Å². The maximum absolute atomic E-state index is 13.5. The van der Waals surface area contributed by atoms with Crippen molar-refractivity contribution in [2.75, 3.05) is 40.0 Å². The first-order valence-electron chi connectivity index (χ1n) is 10.3. The molecule has 166 valence electrons. The summed E-state index contributed by atoms with van der Waals surface area (Å²) in [6.07, 6.45) is 2.79. The second kappa shape index (κ2) is 8.89. The summed E-state index contributed by atoms with van der Waals surface area (Å²) in [5, 5.41) is 0. The molecular weight excluding hydrogens is 420 g/mol. The lowest BCUT2D eigenvalue weighted by Gasteiger charge is -2.29. The standard InChI is InChI=1S/C21H26N4O5S/c1-15-22-14-18(21(26)24-9-11-30-12-10-24)20(23-15)19-7-4-8-25(19)31(27,28)17-6-3-5-16(13-17)29-2/h3,5-6,13-14,19H,4,7-12H2,1-2H3. The first kappa shape index (κ1) is 21.7. The number of aromatic nitrogens is 2. The number of hydrogen-bond donors (Lipinski definition) is 0. The monoisotopic (exact) mass is 446 g/mol. The van der Waals surface area contributed by atoms with Crippen LogP contribution in [0.25, 0.3) is 0 Å². The predicted molar refractivity (Wildman–Crippen MR) is 112 cm³/mol. The van der Waals surface area contributed by atoms with Crippen molar-refractivity contribution in [3.05, 3.63) is 47.5 Å². The molecule has 9 nitrogen and oxygen atoms in total. The van der Waals surface area contributed by atoms with Crippen LogP contribution in [0.15, 0.2) is 35.4 Å². The van der Waals surface area contributed by atoms with Crippen molar-refractivity contribution in [2.45, 2.75) is 30.7 Å². The van der Waals surface area contributed by atoms with Crippen LogP contribution in [0.2, 0.25) is 0 Å². The summed E-state index contributed by atoms with van der Waals surface area (Å²) in [5.74, 6) is 0.779. The van der Waals surface area contributed by atoms with Crippen molar-refractivity contribution in [1.29, 1.82) is 0 Å². The Morgan fingerprint density at radius 1 is 1.23 bits per heavy atom. The molecule has 10 heteroatoms. The first-order valence-corrected chi connectivity index (χ1v) is 11.7. The maximum atomic E-state index is 13.5. The van der Waals surface area contributed by atoms with Gasteiger partial charge in [0.1, 0.15) is 11.6 Å². The fourth-order valence-corrected chi connectivity index (χ4v) is 5.74. The normalized spacial score (nSPS) is 20.1. The van der Waals surface area contributed by atoms with Gasteiger partial charge in [-0.1, -0.05) is 6.07 Å². The van der Waals surface area contributed by atoms with E-state index in [1.807, 2.05) is 0 Å². The Morgan fingerprint density at radius 3 is 2.74 bits per heavy atom. The van der Waals surface area contributed by atoms with Crippen molar-refractivity contribution < 1.29 is 22.7 Å². The number of ether oxygens (including phenoxy) is 2. The summed E-state index contributed by atoms with van der Waals surface area (Å²) < 4.78 is 38.9. The highest BCUT2D eigenvalue weighted by atomic mass is 32.2. The third-order valence-electron chi connectivity index (χ3n) is 5.63. The molecule has 2 aliphatic heterocycles. The van der Waals surface area contributed by atoms with Gasteiger partial charge in [0.25, 0.3) is 5.91 Å². The minimum absolute atomic E-state index is 0.158. The molecule has 1 atom stereocenters. The van der Waals surface area contributed by atoms with Crippen molar-refractivity contribution in [1.82, 2.24) is 19.2 Å². The molecule has 1 unspecified atom stereocenters. The van der Waals surface area contributed by atoms with Gasteiger partial charge in [0, 0.05) is 31.9 Å². The molecule has 0 aliphatic carbocycles. The van der Waals surface area contributed by atoms with E-state index in [-0.39, 0.29) is 10.8 Å². The highest BCUT2D eigenvalue weighted by Crippen LogP contribution is 2.37. The number of methoxy groups -OCH3 is 1. The summed E-state index contributed by atoms with van der Waals surface area (Å²) in [4.78, 5) is 23.8. The van der Waals surface area contributed by atoms with Crippen LogP contribution in [0.4, 0.5) is 0 Å². The topological polar surface area (TPSA) is 102 Å². The smallest absolute Gasteiger partial charge is 0.257 e. The quantitative estimate of drug-likeness (QED) is 0.690. The predicted octanol–water partition coefficient (Wildman–Crippen LogP) is 1.79. The van der Waals surface area contributed by atoms with Gasteiger partial charge in [-0.05, 0) is 31.9 Å². The molecule has 2 aromatic rings. The zero-order valence-corrected chi connectivity index (χ0v) is 18.5. The fourth-order valence-electron chi connectivity index (χ4n) is 4.04. The van der Waals surface area contributed by atoms with Gasteiger partial charge < -0.3 is 14.4 Å². The Kier molecular flexibility index (Phi) is 6.22. The number of sulfonamides is 1. The number of morpholine rings is 1. The summed E-state index contributed by atoms with van der Waals surface area (Å²) in [6.45, 7) is 4.03. The Hall–Kier alpha value is -2.56.